The van der Waals surface area contributed by atoms with E-state index < -0.39 is 5.97 Å². The molecule has 7 nitrogen and oxygen atoms in total. The number of carboxylic acid groups (broad SMARTS) is 1. The fraction of sp³-hybridized carbons (Fsp3) is 0.875. The zero-order chi connectivity index (χ0) is 16.4. The standard InChI is InChI=1S/C16H27N3O4/c1-2-18(8-14(20)21)13-6-12(7-13)17-15(22)19-9-16(10-19)4-3-5-23-11-16/h12-13H,2-11H2,1H3,(H,17,22)(H,20,21). The molecular formula is C16H27N3O4. The van der Waals surface area contributed by atoms with Gasteiger partial charge in [0.2, 0.25) is 0 Å². The number of ether oxygens (including phenoxy) is 1. The highest BCUT2D eigenvalue weighted by molar-refractivity contribution is 5.76. The van der Waals surface area contributed by atoms with Crippen LogP contribution in [0.5, 0.6) is 0 Å². The summed E-state index contributed by atoms with van der Waals surface area (Å²) in [6.45, 7) is 6.01. The number of nitrogens with zero attached hydrogens (tertiary/aromatic N) is 2. The maximum atomic E-state index is 12.2. The number of rotatable bonds is 5. The second kappa shape index (κ2) is 6.65. The average molecular weight is 325 g/mol. The lowest BCUT2D eigenvalue weighted by molar-refractivity contribution is -0.139. The van der Waals surface area contributed by atoms with Crippen LogP contribution >= 0.6 is 0 Å². The molecule has 130 valence electrons. The van der Waals surface area contributed by atoms with Gasteiger partial charge in [-0.1, -0.05) is 6.92 Å². The van der Waals surface area contributed by atoms with E-state index in [0.29, 0.717) is 0 Å². The molecule has 2 aliphatic heterocycles. The number of urea groups is 1. The van der Waals surface area contributed by atoms with Gasteiger partial charge in [0, 0.05) is 37.2 Å². The van der Waals surface area contributed by atoms with Gasteiger partial charge in [0.1, 0.15) is 0 Å². The van der Waals surface area contributed by atoms with E-state index in [4.69, 9.17) is 9.84 Å². The second-order valence-electron chi connectivity index (χ2n) is 7.24. The third kappa shape index (κ3) is 3.61. The number of hydrogen-bond donors (Lipinski definition) is 2. The fourth-order valence-corrected chi connectivity index (χ4v) is 4.01. The first-order chi connectivity index (χ1) is 11.0. The molecule has 2 saturated heterocycles. The van der Waals surface area contributed by atoms with Crippen LogP contribution in [0.4, 0.5) is 4.79 Å². The van der Waals surface area contributed by atoms with Crippen LogP contribution in [0, 0.1) is 5.41 Å². The van der Waals surface area contributed by atoms with Crippen molar-refractivity contribution in [3.05, 3.63) is 0 Å². The Labute approximate surface area is 136 Å². The summed E-state index contributed by atoms with van der Waals surface area (Å²) in [7, 11) is 0. The summed E-state index contributed by atoms with van der Waals surface area (Å²) >= 11 is 0. The van der Waals surface area contributed by atoms with E-state index in [9.17, 15) is 9.59 Å². The summed E-state index contributed by atoms with van der Waals surface area (Å²) in [6.07, 6.45) is 3.93. The number of aliphatic carboxylic acids is 1. The summed E-state index contributed by atoms with van der Waals surface area (Å²) in [5, 5.41) is 12.0. The molecule has 0 aromatic rings. The number of likely N-dealkylation sites (tertiary alicyclic amines) is 1. The van der Waals surface area contributed by atoms with E-state index in [1.165, 1.54) is 0 Å². The van der Waals surface area contributed by atoms with Crippen LogP contribution in [0.2, 0.25) is 0 Å². The topological polar surface area (TPSA) is 82.1 Å². The molecule has 1 spiro atoms. The van der Waals surface area contributed by atoms with Crippen LogP contribution in [-0.4, -0.2) is 78.4 Å². The summed E-state index contributed by atoms with van der Waals surface area (Å²) < 4.78 is 5.54. The monoisotopic (exact) mass is 325 g/mol. The van der Waals surface area contributed by atoms with Crippen molar-refractivity contribution < 1.29 is 19.4 Å². The Morgan fingerprint density at radius 3 is 2.70 bits per heavy atom. The van der Waals surface area contributed by atoms with Gasteiger partial charge < -0.3 is 20.1 Å². The molecule has 23 heavy (non-hydrogen) atoms. The summed E-state index contributed by atoms with van der Waals surface area (Å²) in [5.41, 5.74) is 0.207. The molecule has 0 aromatic carbocycles. The lowest BCUT2D eigenvalue weighted by Crippen LogP contribution is -2.65. The Hall–Kier alpha value is -1.34. The number of likely N-dealkylation sites (N-methyl/N-ethyl adjacent to an activating group) is 1. The lowest BCUT2D eigenvalue weighted by Gasteiger charge is -2.52. The van der Waals surface area contributed by atoms with E-state index in [0.717, 1.165) is 58.5 Å². The third-order valence-corrected chi connectivity index (χ3v) is 5.45. The van der Waals surface area contributed by atoms with Gasteiger partial charge in [-0.25, -0.2) is 4.79 Å². The summed E-state index contributed by atoms with van der Waals surface area (Å²) in [4.78, 5) is 26.9. The van der Waals surface area contributed by atoms with Crippen molar-refractivity contribution in [2.45, 2.75) is 44.7 Å². The first-order valence-corrected chi connectivity index (χ1v) is 8.60. The average Bonchev–Trinajstić information content (AvgIpc) is 2.46. The number of carbonyl (C=O) groups excluding carboxylic acids is 1. The van der Waals surface area contributed by atoms with Crippen LogP contribution in [0.1, 0.15) is 32.6 Å². The molecule has 3 aliphatic rings. The summed E-state index contributed by atoms with van der Waals surface area (Å²) in [6, 6.07) is 0.469. The fourth-order valence-electron chi connectivity index (χ4n) is 4.01. The molecule has 0 aromatic heterocycles. The molecular weight excluding hydrogens is 298 g/mol. The van der Waals surface area contributed by atoms with Gasteiger partial charge in [-0.15, -0.1) is 0 Å². The van der Waals surface area contributed by atoms with Crippen molar-refractivity contribution in [1.82, 2.24) is 15.1 Å². The highest BCUT2D eigenvalue weighted by Crippen LogP contribution is 2.38. The SMILES string of the molecule is CCN(CC(=O)O)C1CC(NC(=O)N2CC3(CCCOC3)C2)C1. The Balaban J connectivity index is 1.37. The Bertz CT molecular complexity index is 450. The molecule has 0 atom stereocenters. The van der Waals surface area contributed by atoms with Crippen LogP contribution < -0.4 is 5.32 Å². The molecule has 1 aliphatic carbocycles. The van der Waals surface area contributed by atoms with Crippen LogP contribution in [-0.2, 0) is 9.53 Å². The van der Waals surface area contributed by atoms with E-state index >= 15 is 0 Å². The van der Waals surface area contributed by atoms with E-state index in [1.54, 1.807) is 0 Å². The minimum Gasteiger partial charge on any atom is -0.480 e. The van der Waals surface area contributed by atoms with Crippen molar-refractivity contribution in [3.8, 4) is 0 Å². The van der Waals surface area contributed by atoms with Gasteiger partial charge in [0.05, 0.1) is 13.2 Å². The summed E-state index contributed by atoms with van der Waals surface area (Å²) in [5.74, 6) is -0.792. The molecule has 0 bridgehead atoms. The predicted octanol–water partition coefficient (Wildman–Crippen LogP) is 0.746. The Morgan fingerprint density at radius 2 is 2.13 bits per heavy atom. The highest BCUT2D eigenvalue weighted by atomic mass is 16.5. The van der Waals surface area contributed by atoms with Gasteiger partial charge in [0.15, 0.2) is 0 Å². The highest BCUT2D eigenvalue weighted by Gasteiger charge is 2.47. The van der Waals surface area contributed by atoms with Gasteiger partial charge in [0.25, 0.3) is 0 Å². The van der Waals surface area contributed by atoms with E-state index in [1.807, 2.05) is 16.7 Å². The van der Waals surface area contributed by atoms with Crippen molar-refractivity contribution in [1.29, 1.82) is 0 Å². The molecule has 2 heterocycles. The third-order valence-electron chi connectivity index (χ3n) is 5.45. The van der Waals surface area contributed by atoms with Gasteiger partial charge >= 0.3 is 12.0 Å². The number of hydrogen-bond acceptors (Lipinski definition) is 4. The normalized spacial score (nSPS) is 29.0. The first-order valence-electron chi connectivity index (χ1n) is 8.60. The lowest BCUT2D eigenvalue weighted by atomic mass is 9.75. The minimum absolute atomic E-state index is 0.0194. The van der Waals surface area contributed by atoms with Crippen LogP contribution in [0.3, 0.4) is 0 Å². The smallest absolute Gasteiger partial charge is 0.317 e. The van der Waals surface area contributed by atoms with E-state index in [-0.39, 0.29) is 30.1 Å². The molecule has 2 amide bonds. The maximum absolute atomic E-state index is 12.2. The largest absolute Gasteiger partial charge is 0.480 e. The molecule has 7 heteroatoms. The van der Waals surface area contributed by atoms with Gasteiger partial charge in [-0.05, 0) is 32.2 Å². The molecule has 0 radical (unpaired) electrons. The predicted molar refractivity (Wildman–Crippen MR) is 84.3 cm³/mol. The number of carboxylic acids is 1. The Kier molecular flexibility index (Phi) is 4.77. The first kappa shape index (κ1) is 16.5. The van der Waals surface area contributed by atoms with Crippen molar-refractivity contribution in [3.63, 3.8) is 0 Å². The zero-order valence-corrected chi connectivity index (χ0v) is 13.8. The van der Waals surface area contributed by atoms with Gasteiger partial charge in [-0.2, -0.15) is 0 Å². The molecule has 2 N–H and O–H groups in total. The van der Waals surface area contributed by atoms with Crippen LogP contribution in [0.25, 0.3) is 0 Å². The number of amides is 2. The van der Waals surface area contributed by atoms with E-state index in [2.05, 4.69) is 5.32 Å². The molecule has 3 fully saturated rings. The second-order valence-corrected chi connectivity index (χ2v) is 7.24. The minimum atomic E-state index is -0.792. The number of nitrogens with one attached hydrogen (secondary N) is 1. The van der Waals surface area contributed by atoms with Crippen LogP contribution in [0.15, 0.2) is 0 Å². The zero-order valence-electron chi connectivity index (χ0n) is 13.8. The van der Waals surface area contributed by atoms with Crippen molar-refractivity contribution in [2.75, 3.05) is 39.4 Å². The van der Waals surface area contributed by atoms with Gasteiger partial charge in [-0.3, -0.25) is 9.69 Å². The molecule has 0 unspecified atom stereocenters. The Morgan fingerprint density at radius 1 is 1.39 bits per heavy atom. The number of carbonyl (C=O) groups is 2. The van der Waals surface area contributed by atoms with Crippen molar-refractivity contribution >= 4 is 12.0 Å². The van der Waals surface area contributed by atoms with Crippen molar-refractivity contribution in [2.24, 2.45) is 5.41 Å². The molecule has 3 rings (SSSR count). The molecule has 1 saturated carbocycles. The maximum Gasteiger partial charge on any atom is 0.317 e. The quantitative estimate of drug-likeness (QED) is 0.779.